The third-order valence-corrected chi connectivity index (χ3v) is 4.29. The van der Waals surface area contributed by atoms with Crippen molar-refractivity contribution in [3.05, 3.63) is 35.4 Å². The molecule has 2 amide bonds. The first-order valence-corrected chi connectivity index (χ1v) is 8.57. The molecule has 0 aromatic heterocycles. The Kier molecular flexibility index (Phi) is 6.84. The SMILES string of the molecule is O=C(Cc1ccc(C(F)(F)F)cc1)NCCC(=O)NC1CCCCC1. The van der Waals surface area contributed by atoms with Crippen LogP contribution in [0, 0.1) is 0 Å². The molecule has 0 unspecified atom stereocenters. The summed E-state index contributed by atoms with van der Waals surface area (Å²) in [6, 6.07) is 4.74. The quantitative estimate of drug-likeness (QED) is 0.822. The maximum Gasteiger partial charge on any atom is 0.416 e. The number of rotatable bonds is 6. The van der Waals surface area contributed by atoms with Gasteiger partial charge in [-0.25, -0.2) is 0 Å². The first-order chi connectivity index (χ1) is 11.8. The average molecular weight is 356 g/mol. The van der Waals surface area contributed by atoms with Gasteiger partial charge in [0.15, 0.2) is 0 Å². The van der Waals surface area contributed by atoms with Gasteiger partial charge in [-0.05, 0) is 30.5 Å². The van der Waals surface area contributed by atoms with E-state index in [1.807, 2.05) is 0 Å². The Morgan fingerprint density at radius 2 is 1.64 bits per heavy atom. The number of halogens is 3. The van der Waals surface area contributed by atoms with E-state index in [2.05, 4.69) is 10.6 Å². The molecule has 0 heterocycles. The van der Waals surface area contributed by atoms with Crippen molar-refractivity contribution in [2.45, 2.75) is 57.2 Å². The van der Waals surface area contributed by atoms with Crippen LogP contribution in [0.2, 0.25) is 0 Å². The fourth-order valence-corrected chi connectivity index (χ4v) is 2.92. The van der Waals surface area contributed by atoms with Gasteiger partial charge in [-0.3, -0.25) is 9.59 Å². The molecule has 4 nitrogen and oxygen atoms in total. The first-order valence-electron chi connectivity index (χ1n) is 8.57. The molecule has 138 valence electrons. The van der Waals surface area contributed by atoms with Gasteiger partial charge in [0.05, 0.1) is 12.0 Å². The van der Waals surface area contributed by atoms with E-state index in [0.29, 0.717) is 5.56 Å². The summed E-state index contributed by atoms with van der Waals surface area (Å²) in [6.45, 7) is 0.220. The maximum absolute atomic E-state index is 12.5. The summed E-state index contributed by atoms with van der Waals surface area (Å²) in [5.41, 5.74) is -0.242. The highest BCUT2D eigenvalue weighted by Gasteiger charge is 2.29. The fraction of sp³-hybridized carbons (Fsp3) is 0.556. The van der Waals surface area contributed by atoms with Crippen molar-refractivity contribution in [3.63, 3.8) is 0 Å². The predicted molar refractivity (Wildman–Crippen MR) is 87.8 cm³/mol. The molecule has 0 radical (unpaired) electrons. The molecule has 1 aliphatic carbocycles. The van der Waals surface area contributed by atoms with Gasteiger partial charge < -0.3 is 10.6 Å². The van der Waals surface area contributed by atoms with Crippen LogP contribution in [0.5, 0.6) is 0 Å². The third kappa shape index (κ3) is 6.76. The van der Waals surface area contributed by atoms with Crippen molar-refractivity contribution >= 4 is 11.8 Å². The summed E-state index contributed by atoms with van der Waals surface area (Å²) in [4.78, 5) is 23.6. The molecule has 1 aromatic carbocycles. The van der Waals surface area contributed by atoms with Crippen LogP contribution in [0.4, 0.5) is 13.2 Å². The number of hydrogen-bond acceptors (Lipinski definition) is 2. The van der Waals surface area contributed by atoms with Gasteiger partial charge in [0, 0.05) is 19.0 Å². The Labute approximate surface area is 145 Å². The zero-order valence-electron chi connectivity index (χ0n) is 14.0. The normalized spacial score (nSPS) is 15.6. The smallest absolute Gasteiger partial charge is 0.355 e. The minimum absolute atomic E-state index is 0.0115. The van der Waals surface area contributed by atoms with Crippen molar-refractivity contribution in [3.8, 4) is 0 Å². The lowest BCUT2D eigenvalue weighted by Gasteiger charge is -2.22. The number of benzene rings is 1. The molecule has 7 heteroatoms. The molecule has 2 N–H and O–H groups in total. The van der Waals surface area contributed by atoms with Crippen LogP contribution in [-0.2, 0) is 22.2 Å². The second-order valence-corrected chi connectivity index (χ2v) is 6.37. The Bertz CT molecular complexity index is 579. The molecule has 1 fully saturated rings. The zero-order valence-corrected chi connectivity index (χ0v) is 14.0. The largest absolute Gasteiger partial charge is 0.416 e. The highest BCUT2D eigenvalue weighted by atomic mass is 19.4. The molecule has 1 saturated carbocycles. The molecule has 0 atom stereocenters. The Hall–Kier alpha value is -2.05. The summed E-state index contributed by atoms with van der Waals surface area (Å²) in [5, 5.41) is 5.59. The molecule has 1 aromatic rings. The Morgan fingerprint density at radius 1 is 1.00 bits per heavy atom. The van der Waals surface area contributed by atoms with Crippen LogP contribution in [0.1, 0.15) is 49.7 Å². The minimum Gasteiger partial charge on any atom is -0.355 e. The van der Waals surface area contributed by atoms with Crippen molar-refractivity contribution in [1.82, 2.24) is 10.6 Å². The van der Waals surface area contributed by atoms with Crippen LogP contribution >= 0.6 is 0 Å². The lowest BCUT2D eigenvalue weighted by atomic mass is 9.95. The summed E-state index contributed by atoms with van der Waals surface area (Å²) < 4.78 is 37.4. The second kappa shape index (κ2) is 8.87. The van der Waals surface area contributed by atoms with E-state index in [-0.39, 0.29) is 37.2 Å². The average Bonchev–Trinajstić information content (AvgIpc) is 2.55. The van der Waals surface area contributed by atoms with E-state index in [4.69, 9.17) is 0 Å². The molecule has 25 heavy (non-hydrogen) atoms. The van der Waals surface area contributed by atoms with Crippen LogP contribution in [0.15, 0.2) is 24.3 Å². The monoisotopic (exact) mass is 356 g/mol. The number of hydrogen-bond donors (Lipinski definition) is 2. The number of nitrogens with one attached hydrogen (secondary N) is 2. The fourth-order valence-electron chi connectivity index (χ4n) is 2.92. The minimum atomic E-state index is -4.38. The molecular weight excluding hydrogens is 333 g/mol. The summed E-state index contributed by atoms with van der Waals surface area (Å²) >= 11 is 0. The Balaban J connectivity index is 1.67. The predicted octanol–water partition coefficient (Wildman–Crippen LogP) is 3.20. The van der Waals surface area contributed by atoms with Gasteiger partial charge in [-0.15, -0.1) is 0 Å². The van der Waals surface area contributed by atoms with E-state index in [0.717, 1.165) is 37.8 Å². The van der Waals surface area contributed by atoms with Crippen LogP contribution in [0.3, 0.4) is 0 Å². The lowest BCUT2D eigenvalue weighted by molar-refractivity contribution is -0.137. The number of amides is 2. The van der Waals surface area contributed by atoms with E-state index >= 15 is 0 Å². The zero-order chi connectivity index (χ0) is 18.3. The highest BCUT2D eigenvalue weighted by Crippen LogP contribution is 2.29. The van der Waals surface area contributed by atoms with E-state index in [1.54, 1.807) is 0 Å². The van der Waals surface area contributed by atoms with Crippen LogP contribution in [0.25, 0.3) is 0 Å². The van der Waals surface area contributed by atoms with Crippen molar-refractivity contribution in [2.24, 2.45) is 0 Å². The van der Waals surface area contributed by atoms with E-state index < -0.39 is 11.7 Å². The topological polar surface area (TPSA) is 58.2 Å². The van der Waals surface area contributed by atoms with Gasteiger partial charge in [0.1, 0.15) is 0 Å². The first kappa shape index (κ1) is 19.3. The van der Waals surface area contributed by atoms with E-state index in [1.165, 1.54) is 18.6 Å². The standard InChI is InChI=1S/C18H23F3N2O2/c19-18(20,21)14-8-6-13(7-9-14)12-17(25)22-11-10-16(24)23-15-4-2-1-3-5-15/h6-9,15H,1-5,10-12H2,(H,22,25)(H,23,24). The maximum atomic E-state index is 12.5. The van der Waals surface area contributed by atoms with Crippen molar-refractivity contribution < 1.29 is 22.8 Å². The van der Waals surface area contributed by atoms with Gasteiger partial charge in [-0.1, -0.05) is 31.4 Å². The van der Waals surface area contributed by atoms with Crippen molar-refractivity contribution in [1.29, 1.82) is 0 Å². The molecule has 0 saturated heterocycles. The highest BCUT2D eigenvalue weighted by molar-refractivity contribution is 5.80. The van der Waals surface area contributed by atoms with Crippen LogP contribution in [-0.4, -0.2) is 24.4 Å². The molecule has 0 aliphatic heterocycles. The van der Waals surface area contributed by atoms with Crippen LogP contribution < -0.4 is 10.6 Å². The van der Waals surface area contributed by atoms with Gasteiger partial charge in [0.2, 0.25) is 11.8 Å². The third-order valence-electron chi connectivity index (χ3n) is 4.29. The molecule has 1 aliphatic rings. The number of carbonyl (C=O) groups excluding carboxylic acids is 2. The van der Waals surface area contributed by atoms with Crippen molar-refractivity contribution in [2.75, 3.05) is 6.54 Å². The Morgan fingerprint density at radius 3 is 2.24 bits per heavy atom. The van der Waals surface area contributed by atoms with Gasteiger partial charge >= 0.3 is 6.18 Å². The van der Waals surface area contributed by atoms with Gasteiger partial charge in [-0.2, -0.15) is 13.2 Å². The molecular formula is C18H23F3N2O2. The van der Waals surface area contributed by atoms with Gasteiger partial charge in [0.25, 0.3) is 0 Å². The number of carbonyl (C=O) groups is 2. The lowest BCUT2D eigenvalue weighted by Crippen LogP contribution is -2.38. The number of alkyl halides is 3. The summed E-state index contributed by atoms with van der Waals surface area (Å²) in [5.74, 6) is -0.396. The molecule has 2 rings (SSSR count). The second-order valence-electron chi connectivity index (χ2n) is 6.37. The van der Waals surface area contributed by atoms with E-state index in [9.17, 15) is 22.8 Å². The summed E-state index contributed by atoms with van der Waals surface area (Å²) in [6.07, 6.45) is 1.30. The molecule has 0 spiro atoms. The summed E-state index contributed by atoms with van der Waals surface area (Å²) in [7, 11) is 0. The molecule has 0 bridgehead atoms.